The van der Waals surface area contributed by atoms with E-state index in [0.29, 0.717) is 0 Å². The Hall–Kier alpha value is -0.820. The Morgan fingerprint density at radius 2 is 1.76 bits per heavy atom. The largest absolute Gasteiger partial charge is 0.309 e. The van der Waals surface area contributed by atoms with E-state index < -0.39 is 0 Å². The zero-order valence-corrected chi connectivity index (χ0v) is 11.9. The highest BCUT2D eigenvalue weighted by atomic mass is 15.0. The Morgan fingerprint density at radius 1 is 1.00 bits per heavy atom. The van der Waals surface area contributed by atoms with Crippen LogP contribution in [0.15, 0.2) is 18.2 Å². The average Bonchev–Trinajstić information content (AvgIpc) is 2.33. The molecule has 1 heteroatoms. The summed E-state index contributed by atoms with van der Waals surface area (Å²) >= 11 is 0. The van der Waals surface area contributed by atoms with Crippen LogP contribution in [0.4, 0.5) is 0 Å². The summed E-state index contributed by atoms with van der Waals surface area (Å²) in [6.07, 6.45) is 6.14. The van der Waals surface area contributed by atoms with Gasteiger partial charge in [-0.1, -0.05) is 38.5 Å². The summed E-state index contributed by atoms with van der Waals surface area (Å²) in [6, 6.07) is 7.07. The molecule has 0 spiro atoms. The van der Waals surface area contributed by atoms with Crippen molar-refractivity contribution >= 4 is 0 Å². The summed E-state index contributed by atoms with van der Waals surface area (Å²) in [5.41, 5.74) is 4.58. The lowest BCUT2D eigenvalue weighted by atomic mass is 9.97. The molecule has 0 aliphatic rings. The van der Waals surface area contributed by atoms with Crippen LogP contribution in [0.5, 0.6) is 0 Å². The van der Waals surface area contributed by atoms with Gasteiger partial charge in [-0.15, -0.1) is 0 Å². The summed E-state index contributed by atoms with van der Waals surface area (Å²) < 4.78 is 0. The van der Waals surface area contributed by atoms with Crippen molar-refractivity contribution in [3.05, 3.63) is 34.9 Å². The highest BCUT2D eigenvalue weighted by Gasteiger charge is 2.03. The van der Waals surface area contributed by atoms with Crippen molar-refractivity contribution in [2.24, 2.45) is 0 Å². The predicted octanol–water partition coefficient (Wildman–Crippen LogP) is 3.70. The molecule has 0 amide bonds. The molecule has 96 valence electrons. The summed E-state index contributed by atoms with van der Waals surface area (Å²) in [4.78, 5) is 2.26. The first-order valence-electron chi connectivity index (χ1n) is 6.92. The maximum absolute atomic E-state index is 2.43. The minimum Gasteiger partial charge on any atom is -0.309 e. The standard InChI is InChI=1S/C16H27N/c1-5-7-8-14-9-10-15(6-2)16(13-14)11-12-17(3)4/h9-10,13H,5-8,11-12H2,1-4H3. The van der Waals surface area contributed by atoms with Crippen LogP contribution in [-0.2, 0) is 19.3 Å². The Kier molecular flexibility index (Phi) is 6.28. The Labute approximate surface area is 107 Å². The fraction of sp³-hybridized carbons (Fsp3) is 0.625. The Morgan fingerprint density at radius 3 is 2.35 bits per heavy atom. The number of hydrogen-bond acceptors (Lipinski definition) is 1. The molecule has 1 rings (SSSR count). The van der Waals surface area contributed by atoms with E-state index in [9.17, 15) is 0 Å². The lowest BCUT2D eigenvalue weighted by molar-refractivity contribution is 0.413. The van der Waals surface area contributed by atoms with E-state index in [2.05, 4.69) is 51.0 Å². The number of benzene rings is 1. The number of nitrogens with zero attached hydrogens (tertiary/aromatic N) is 1. The van der Waals surface area contributed by atoms with Gasteiger partial charge >= 0.3 is 0 Å². The molecular formula is C16H27N. The summed E-state index contributed by atoms with van der Waals surface area (Å²) in [6.45, 7) is 5.65. The van der Waals surface area contributed by atoms with E-state index in [-0.39, 0.29) is 0 Å². The van der Waals surface area contributed by atoms with Gasteiger partial charge in [-0.05, 0) is 56.5 Å². The maximum atomic E-state index is 2.43. The van der Waals surface area contributed by atoms with Crippen molar-refractivity contribution in [1.82, 2.24) is 4.90 Å². The minimum absolute atomic E-state index is 1.14. The van der Waals surface area contributed by atoms with Crippen LogP contribution < -0.4 is 0 Å². The van der Waals surface area contributed by atoms with Crippen LogP contribution in [0.2, 0.25) is 0 Å². The van der Waals surface area contributed by atoms with Gasteiger partial charge in [-0.3, -0.25) is 0 Å². The normalized spacial score (nSPS) is 11.1. The lowest BCUT2D eigenvalue weighted by Gasteiger charge is -2.14. The molecule has 0 saturated carbocycles. The minimum atomic E-state index is 1.14. The van der Waals surface area contributed by atoms with Gasteiger partial charge < -0.3 is 4.90 Å². The average molecular weight is 233 g/mol. The lowest BCUT2D eigenvalue weighted by Crippen LogP contribution is -2.15. The first-order valence-corrected chi connectivity index (χ1v) is 6.92. The molecule has 0 atom stereocenters. The van der Waals surface area contributed by atoms with E-state index in [0.717, 1.165) is 13.0 Å². The molecule has 17 heavy (non-hydrogen) atoms. The molecule has 0 aliphatic carbocycles. The summed E-state index contributed by atoms with van der Waals surface area (Å²) in [5.74, 6) is 0. The quantitative estimate of drug-likeness (QED) is 0.694. The number of unbranched alkanes of at least 4 members (excludes halogenated alkanes) is 1. The SMILES string of the molecule is CCCCc1ccc(CC)c(CCN(C)C)c1. The molecule has 0 fully saturated rings. The Bertz CT molecular complexity index is 328. The van der Waals surface area contributed by atoms with E-state index in [1.165, 1.54) is 36.8 Å². The zero-order valence-electron chi connectivity index (χ0n) is 11.9. The molecule has 1 aromatic carbocycles. The second-order valence-corrected chi connectivity index (χ2v) is 5.11. The van der Waals surface area contributed by atoms with Crippen LogP contribution in [0.25, 0.3) is 0 Å². The van der Waals surface area contributed by atoms with Crippen LogP contribution in [0.1, 0.15) is 43.4 Å². The number of aryl methyl sites for hydroxylation is 2. The molecule has 0 heterocycles. The molecule has 0 aromatic heterocycles. The van der Waals surface area contributed by atoms with Gasteiger partial charge in [0.25, 0.3) is 0 Å². The van der Waals surface area contributed by atoms with Gasteiger partial charge in [0.15, 0.2) is 0 Å². The third-order valence-corrected chi connectivity index (χ3v) is 3.30. The van der Waals surface area contributed by atoms with Crippen molar-refractivity contribution < 1.29 is 0 Å². The van der Waals surface area contributed by atoms with Crippen molar-refractivity contribution in [3.63, 3.8) is 0 Å². The van der Waals surface area contributed by atoms with Crippen LogP contribution in [0.3, 0.4) is 0 Å². The topological polar surface area (TPSA) is 3.24 Å². The summed E-state index contributed by atoms with van der Waals surface area (Å²) in [7, 11) is 4.29. The maximum Gasteiger partial charge on any atom is 0.00158 e. The monoisotopic (exact) mass is 233 g/mol. The number of rotatable bonds is 7. The molecule has 1 aromatic rings. The number of likely N-dealkylation sites (N-methyl/N-ethyl adjacent to an activating group) is 1. The molecule has 0 unspecified atom stereocenters. The first-order chi connectivity index (χ1) is 8.17. The van der Waals surface area contributed by atoms with E-state index in [1.54, 1.807) is 5.56 Å². The molecular weight excluding hydrogens is 206 g/mol. The fourth-order valence-electron chi connectivity index (χ4n) is 2.14. The van der Waals surface area contributed by atoms with Crippen molar-refractivity contribution in [2.45, 2.75) is 46.0 Å². The van der Waals surface area contributed by atoms with E-state index >= 15 is 0 Å². The second kappa shape index (κ2) is 7.50. The summed E-state index contributed by atoms with van der Waals surface area (Å²) in [5, 5.41) is 0. The second-order valence-electron chi connectivity index (χ2n) is 5.11. The fourth-order valence-corrected chi connectivity index (χ4v) is 2.14. The van der Waals surface area contributed by atoms with Gasteiger partial charge in [0.2, 0.25) is 0 Å². The van der Waals surface area contributed by atoms with Gasteiger partial charge in [0.1, 0.15) is 0 Å². The predicted molar refractivity (Wildman–Crippen MR) is 76.7 cm³/mol. The molecule has 0 aliphatic heterocycles. The smallest absolute Gasteiger partial charge is 0.00158 e. The van der Waals surface area contributed by atoms with Gasteiger partial charge in [-0.25, -0.2) is 0 Å². The molecule has 0 N–H and O–H groups in total. The van der Waals surface area contributed by atoms with Crippen LogP contribution >= 0.6 is 0 Å². The third-order valence-electron chi connectivity index (χ3n) is 3.30. The highest BCUT2D eigenvalue weighted by molar-refractivity contribution is 5.32. The molecule has 1 nitrogen and oxygen atoms in total. The van der Waals surface area contributed by atoms with Gasteiger partial charge in [0.05, 0.1) is 0 Å². The number of hydrogen-bond donors (Lipinski definition) is 0. The van der Waals surface area contributed by atoms with E-state index in [1.807, 2.05) is 0 Å². The van der Waals surface area contributed by atoms with E-state index in [4.69, 9.17) is 0 Å². The van der Waals surface area contributed by atoms with Crippen molar-refractivity contribution in [2.75, 3.05) is 20.6 Å². The molecule has 0 radical (unpaired) electrons. The first kappa shape index (κ1) is 14.2. The van der Waals surface area contributed by atoms with Crippen molar-refractivity contribution in [3.8, 4) is 0 Å². The Balaban J connectivity index is 2.75. The van der Waals surface area contributed by atoms with Gasteiger partial charge in [0, 0.05) is 6.54 Å². The van der Waals surface area contributed by atoms with Crippen LogP contribution in [0, 0.1) is 0 Å². The zero-order chi connectivity index (χ0) is 12.7. The third kappa shape index (κ3) is 4.91. The highest BCUT2D eigenvalue weighted by Crippen LogP contribution is 2.15. The van der Waals surface area contributed by atoms with Gasteiger partial charge in [-0.2, -0.15) is 0 Å². The van der Waals surface area contributed by atoms with Crippen LogP contribution in [-0.4, -0.2) is 25.5 Å². The molecule has 0 bridgehead atoms. The van der Waals surface area contributed by atoms with Crippen molar-refractivity contribution in [1.29, 1.82) is 0 Å². The molecule has 0 saturated heterocycles.